The molecule has 0 aliphatic carbocycles. The molecule has 2 heterocycles. The fourth-order valence-corrected chi connectivity index (χ4v) is 4.67. The van der Waals surface area contributed by atoms with Crippen LogP contribution in [0.5, 0.6) is 0 Å². The Labute approximate surface area is 156 Å². The van der Waals surface area contributed by atoms with Crippen molar-refractivity contribution >= 4 is 28.6 Å². The summed E-state index contributed by atoms with van der Waals surface area (Å²) in [5.41, 5.74) is 4.82. The van der Waals surface area contributed by atoms with E-state index in [0.717, 1.165) is 37.6 Å². The van der Waals surface area contributed by atoms with Gasteiger partial charge >= 0.3 is 0 Å². The van der Waals surface area contributed by atoms with Gasteiger partial charge in [-0.3, -0.25) is 4.79 Å². The maximum atomic E-state index is 12.5. The van der Waals surface area contributed by atoms with E-state index in [0.29, 0.717) is 6.54 Å². The van der Waals surface area contributed by atoms with Gasteiger partial charge in [-0.25, -0.2) is 0 Å². The SMILES string of the molecule is Cc1cc(C)c(C(=O)NCc2ccc(C(O)c3ccsc3)s2)c(C)c1. The average molecular weight is 372 g/mol. The van der Waals surface area contributed by atoms with E-state index < -0.39 is 6.10 Å². The monoisotopic (exact) mass is 371 g/mol. The molecule has 3 nitrogen and oxygen atoms in total. The third-order valence-corrected chi connectivity index (χ3v) is 5.98. The van der Waals surface area contributed by atoms with E-state index in [1.807, 2.05) is 61.9 Å². The van der Waals surface area contributed by atoms with Crippen molar-refractivity contribution in [3.8, 4) is 0 Å². The molecule has 0 fully saturated rings. The highest BCUT2D eigenvalue weighted by Gasteiger charge is 2.15. The number of carbonyl (C=O) groups is 1. The zero-order valence-electron chi connectivity index (χ0n) is 14.5. The number of aryl methyl sites for hydroxylation is 3. The van der Waals surface area contributed by atoms with Crippen molar-refractivity contribution in [3.63, 3.8) is 0 Å². The van der Waals surface area contributed by atoms with Crippen LogP contribution >= 0.6 is 22.7 Å². The van der Waals surface area contributed by atoms with Gasteiger partial charge < -0.3 is 10.4 Å². The zero-order valence-corrected chi connectivity index (χ0v) is 16.1. The van der Waals surface area contributed by atoms with Gasteiger partial charge in [-0.1, -0.05) is 17.7 Å². The van der Waals surface area contributed by atoms with Gasteiger partial charge in [0.25, 0.3) is 5.91 Å². The highest BCUT2D eigenvalue weighted by atomic mass is 32.1. The third kappa shape index (κ3) is 4.00. The molecule has 0 bridgehead atoms. The maximum Gasteiger partial charge on any atom is 0.252 e. The summed E-state index contributed by atoms with van der Waals surface area (Å²) in [7, 11) is 0. The molecule has 25 heavy (non-hydrogen) atoms. The molecule has 1 unspecified atom stereocenters. The second kappa shape index (κ2) is 7.52. The van der Waals surface area contributed by atoms with Gasteiger partial charge in [0.05, 0.1) is 6.54 Å². The molecule has 2 aromatic heterocycles. The Kier molecular flexibility index (Phi) is 5.37. The van der Waals surface area contributed by atoms with Crippen LogP contribution in [0, 0.1) is 20.8 Å². The van der Waals surface area contributed by atoms with E-state index in [9.17, 15) is 9.90 Å². The van der Waals surface area contributed by atoms with Gasteiger partial charge in [-0.05, 0) is 66.4 Å². The van der Waals surface area contributed by atoms with E-state index in [-0.39, 0.29) is 5.91 Å². The Morgan fingerprint density at radius 1 is 1.16 bits per heavy atom. The highest BCUT2D eigenvalue weighted by Crippen LogP contribution is 2.29. The van der Waals surface area contributed by atoms with Crippen molar-refractivity contribution in [2.45, 2.75) is 33.4 Å². The fraction of sp³-hybridized carbons (Fsp3) is 0.250. The number of nitrogens with one attached hydrogen (secondary N) is 1. The van der Waals surface area contributed by atoms with Crippen LogP contribution in [0.1, 0.15) is 48.5 Å². The van der Waals surface area contributed by atoms with E-state index in [4.69, 9.17) is 0 Å². The quantitative estimate of drug-likeness (QED) is 0.680. The first-order chi connectivity index (χ1) is 12.0. The molecule has 0 radical (unpaired) electrons. The Morgan fingerprint density at radius 3 is 2.52 bits per heavy atom. The number of hydrogen-bond donors (Lipinski definition) is 2. The number of aliphatic hydroxyl groups is 1. The second-order valence-corrected chi connectivity index (χ2v) is 8.20. The van der Waals surface area contributed by atoms with E-state index in [1.165, 1.54) is 11.3 Å². The van der Waals surface area contributed by atoms with Gasteiger partial charge in [-0.2, -0.15) is 11.3 Å². The molecule has 1 atom stereocenters. The standard InChI is InChI=1S/C20H21NO2S2/c1-12-8-13(2)18(14(3)9-12)20(23)21-10-16-4-5-17(25-16)19(22)15-6-7-24-11-15/h4-9,11,19,22H,10H2,1-3H3,(H,21,23). The summed E-state index contributed by atoms with van der Waals surface area (Å²) in [6, 6.07) is 9.88. The van der Waals surface area contributed by atoms with Crippen LogP contribution < -0.4 is 5.32 Å². The van der Waals surface area contributed by atoms with Crippen LogP contribution in [-0.4, -0.2) is 11.0 Å². The van der Waals surface area contributed by atoms with Crippen molar-refractivity contribution < 1.29 is 9.90 Å². The predicted octanol–water partition coefficient (Wildman–Crippen LogP) is 4.75. The van der Waals surface area contributed by atoms with Gasteiger partial charge in [0.1, 0.15) is 6.10 Å². The lowest BCUT2D eigenvalue weighted by molar-refractivity contribution is 0.0950. The normalized spacial score (nSPS) is 12.2. The second-order valence-electron chi connectivity index (χ2n) is 6.22. The molecule has 1 amide bonds. The van der Waals surface area contributed by atoms with Crippen LogP contribution in [0.4, 0.5) is 0 Å². The summed E-state index contributed by atoms with van der Waals surface area (Å²) in [5, 5.41) is 17.3. The number of aliphatic hydroxyl groups excluding tert-OH is 1. The number of carbonyl (C=O) groups excluding carboxylic acids is 1. The van der Waals surface area contributed by atoms with E-state index in [2.05, 4.69) is 5.32 Å². The van der Waals surface area contributed by atoms with E-state index >= 15 is 0 Å². The van der Waals surface area contributed by atoms with Crippen molar-refractivity contribution in [1.29, 1.82) is 0 Å². The van der Waals surface area contributed by atoms with Gasteiger partial charge in [-0.15, -0.1) is 11.3 Å². The molecule has 130 valence electrons. The molecule has 0 saturated heterocycles. The fourth-order valence-electron chi connectivity index (χ4n) is 3.03. The summed E-state index contributed by atoms with van der Waals surface area (Å²) < 4.78 is 0. The molecule has 0 aliphatic heterocycles. The number of benzene rings is 1. The Hall–Kier alpha value is -1.95. The minimum absolute atomic E-state index is 0.0525. The van der Waals surface area contributed by atoms with Gasteiger partial charge in [0, 0.05) is 15.3 Å². The van der Waals surface area contributed by atoms with Crippen LogP contribution in [0.3, 0.4) is 0 Å². The predicted molar refractivity (Wildman–Crippen MR) is 105 cm³/mol. The number of amides is 1. The lowest BCUT2D eigenvalue weighted by Crippen LogP contribution is -2.24. The first-order valence-electron chi connectivity index (χ1n) is 8.10. The average Bonchev–Trinajstić information content (AvgIpc) is 3.23. The molecule has 1 aromatic carbocycles. The van der Waals surface area contributed by atoms with Crippen LogP contribution in [0.25, 0.3) is 0 Å². The molecule has 0 aliphatic rings. The topological polar surface area (TPSA) is 49.3 Å². The molecule has 3 aromatic rings. The molecule has 3 rings (SSSR count). The molecule has 5 heteroatoms. The Bertz CT molecular complexity index is 858. The highest BCUT2D eigenvalue weighted by molar-refractivity contribution is 7.12. The summed E-state index contributed by atoms with van der Waals surface area (Å²) in [6.45, 7) is 6.44. The minimum Gasteiger partial charge on any atom is -0.383 e. The smallest absolute Gasteiger partial charge is 0.252 e. The zero-order chi connectivity index (χ0) is 18.0. The number of thiophene rings is 2. The van der Waals surface area contributed by atoms with Gasteiger partial charge in [0.15, 0.2) is 0 Å². The lowest BCUT2D eigenvalue weighted by Gasteiger charge is -2.11. The Morgan fingerprint density at radius 2 is 1.88 bits per heavy atom. The van der Waals surface area contributed by atoms with Crippen molar-refractivity contribution in [2.24, 2.45) is 0 Å². The largest absolute Gasteiger partial charge is 0.383 e. The number of rotatable bonds is 5. The first kappa shape index (κ1) is 17.9. The van der Waals surface area contributed by atoms with E-state index in [1.54, 1.807) is 11.3 Å². The summed E-state index contributed by atoms with van der Waals surface area (Å²) in [6.07, 6.45) is -0.595. The molecule has 0 saturated carbocycles. The van der Waals surface area contributed by atoms with Crippen molar-refractivity contribution in [1.82, 2.24) is 5.32 Å². The summed E-state index contributed by atoms with van der Waals surface area (Å²) in [4.78, 5) is 14.5. The molecule has 2 N–H and O–H groups in total. The molecular weight excluding hydrogens is 350 g/mol. The molecular formula is C20H21NO2S2. The number of hydrogen-bond acceptors (Lipinski definition) is 4. The summed E-state index contributed by atoms with van der Waals surface area (Å²) >= 11 is 3.10. The Balaban J connectivity index is 1.67. The van der Waals surface area contributed by atoms with Gasteiger partial charge in [0.2, 0.25) is 0 Å². The minimum atomic E-state index is -0.595. The maximum absolute atomic E-state index is 12.5. The van der Waals surface area contributed by atoms with Crippen LogP contribution in [-0.2, 0) is 6.54 Å². The van der Waals surface area contributed by atoms with Crippen LogP contribution in [0.2, 0.25) is 0 Å². The van der Waals surface area contributed by atoms with Crippen LogP contribution in [0.15, 0.2) is 41.1 Å². The lowest BCUT2D eigenvalue weighted by atomic mass is 9.99. The molecule has 0 spiro atoms. The first-order valence-corrected chi connectivity index (χ1v) is 9.86. The van der Waals surface area contributed by atoms with Crippen molar-refractivity contribution in [3.05, 3.63) is 78.7 Å². The van der Waals surface area contributed by atoms with Crippen molar-refractivity contribution in [2.75, 3.05) is 0 Å². The summed E-state index contributed by atoms with van der Waals surface area (Å²) in [5.74, 6) is -0.0525. The third-order valence-electron chi connectivity index (χ3n) is 4.14.